The van der Waals surface area contributed by atoms with Gasteiger partial charge in [0.15, 0.2) is 0 Å². The summed E-state index contributed by atoms with van der Waals surface area (Å²) in [5.41, 5.74) is 0. The highest BCUT2D eigenvalue weighted by molar-refractivity contribution is 4.73. The van der Waals surface area contributed by atoms with Crippen LogP contribution >= 0.6 is 0 Å². The van der Waals surface area contributed by atoms with Crippen LogP contribution in [0.1, 0.15) is 40.0 Å². The maximum absolute atomic E-state index is 5.70. The Hall–Kier alpha value is -0.120. The Morgan fingerprint density at radius 1 is 1.33 bits per heavy atom. The van der Waals surface area contributed by atoms with E-state index in [1.807, 2.05) is 0 Å². The van der Waals surface area contributed by atoms with Gasteiger partial charge in [-0.25, -0.2) is 0 Å². The summed E-state index contributed by atoms with van der Waals surface area (Å²) in [5, 5.41) is 3.50. The molecule has 0 radical (unpaired) electrons. The van der Waals surface area contributed by atoms with Crippen molar-refractivity contribution >= 4 is 0 Å². The highest BCUT2D eigenvalue weighted by Gasteiger charge is 2.21. The predicted molar refractivity (Wildman–Crippen MR) is 78.0 cm³/mol. The average molecular weight is 256 g/mol. The Bertz CT molecular complexity index is 207. The van der Waals surface area contributed by atoms with Crippen molar-refractivity contribution in [3.8, 4) is 0 Å². The van der Waals surface area contributed by atoms with Gasteiger partial charge in [0.05, 0.1) is 6.61 Å². The Labute approximate surface area is 113 Å². The van der Waals surface area contributed by atoms with Gasteiger partial charge in [0.2, 0.25) is 0 Å². The van der Waals surface area contributed by atoms with E-state index in [1.54, 1.807) is 0 Å². The molecular formula is C15H32N2O. The van der Waals surface area contributed by atoms with Crippen molar-refractivity contribution in [3.05, 3.63) is 0 Å². The van der Waals surface area contributed by atoms with E-state index in [0.717, 1.165) is 38.8 Å². The number of nitrogens with zero attached hydrogens (tertiary/aromatic N) is 1. The lowest BCUT2D eigenvalue weighted by Crippen LogP contribution is -2.40. The lowest BCUT2D eigenvalue weighted by molar-refractivity contribution is 0.0846. The summed E-state index contributed by atoms with van der Waals surface area (Å²) in [5.74, 6) is 1.56. The molecule has 2 atom stereocenters. The molecule has 0 spiro atoms. The molecule has 0 aromatic carbocycles. The van der Waals surface area contributed by atoms with Gasteiger partial charge in [-0.15, -0.1) is 0 Å². The number of hydrogen-bond donors (Lipinski definition) is 1. The molecule has 0 aliphatic heterocycles. The zero-order chi connectivity index (χ0) is 13.4. The van der Waals surface area contributed by atoms with Crippen LogP contribution in [0.3, 0.4) is 0 Å². The molecule has 3 nitrogen and oxygen atoms in total. The van der Waals surface area contributed by atoms with Crippen molar-refractivity contribution in [2.75, 3.05) is 39.9 Å². The molecule has 1 fully saturated rings. The molecule has 0 aromatic rings. The van der Waals surface area contributed by atoms with Gasteiger partial charge in [0.25, 0.3) is 0 Å². The molecule has 18 heavy (non-hydrogen) atoms. The van der Waals surface area contributed by atoms with Crippen LogP contribution in [0.15, 0.2) is 0 Å². The highest BCUT2D eigenvalue weighted by atomic mass is 16.5. The van der Waals surface area contributed by atoms with Gasteiger partial charge in [0.1, 0.15) is 0 Å². The molecule has 0 aromatic heterocycles. The Balaban J connectivity index is 2.03. The minimum Gasteiger partial charge on any atom is -0.380 e. The Kier molecular flexibility index (Phi) is 7.87. The SMILES string of the molecule is CCCNCC(C)C(C)N(C)CCOCC1CC1. The fourth-order valence-electron chi connectivity index (χ4n) is 2.06. The normalized spacial score (nSPS) is 19.2. The van der Waals surface area contributed by atoms with Gasteiger partial charge in [0, 0.05) is 19.2 Å². The molecule has 1 N–H and O–H groups in total. The van der Waals surface area contributed by atoms with Crippen LogP contribution in [0.2, 0.25) is 0 Å². The van der Waals surface area contributed by atoms with Gasteiger partial charge in [-0.05, 0) is 58.2 Å². The van der Waals surface area contributed by atoms with Crippen LogP contribution in [0, 0.1) is 11.8 Å². The number of nitrogens with one attached hydrogen (secondary N) is 1. The fraction of sp³-hybridized carbons (Fsp3) is 1.00. The first-order chi connectivity index (χ1) is 8.65. The molecule has 1 aliphatic carbocycles. The molecule has 0 heterocycles. The van der Waals surface area contributed by atoms with E-state index in [-0.39, 0.29) is 0 Å². The standard InChI is InChI=1S/C15H32N2O/c1-5-8-16-11-13(2)14(3)17(4)9-10-18-12-15-6-7-15/h13-16H,5-12H2,1-4H3. The number of hydrogen-bond acceptors (Lipinski definition) is 3. The number of rotatable bonds is 11. The third-order valence-corrected chi connectivity index (χ3v) is 4.05. The summed E-state index contributed by atoms with van der Waals surface area (Å²) in [7, 11) is 2.21. The molecule has 0 amide bonds. The zero-order valence-electron chi connectivity index (χ0n) is 12.7. The molecule has 108 valence electrons. The second-order valence-corrected chi connectivity index (χ2v) is 5.92. The van der Waals surface area contributed by atoms with E-state index >= 15 is 0 Å². The third kappa shape index (κ3) is 6.72. The molecule has 0 bridgehead atoms. The van der Waals surface area contributed by atoms with E-state index < -0.39 is 0 Å². The maximum Gasteiger partial charge on any atom is 0.0593 e. The molecule has 1 saturated carbocycles. The summed E-state index contributed by atoms with van der Waals surface area (Å²) in [6, 6.07) is 0.610. The highest BCUT2D eigenvalue weighted by Crippen LogP contribution is 2.28. The first-order valence-corrected chi connectivity index (χ1v) is 7.63. The number of ether oxygens (including phenoxy) is 1. The van der Waals surface area contributed by atoms with Crippen molar-refractivity contribution in [1.29, 1.82) is 0 Å². The van der Waals surface area contributed by atoms with Gasteiger partial charge in [-0.2, -0.15) is 0 Å². The Morgan fingerprint density at radius 3 is 2.67 bits per heavy atom. The molecule has 1 rings (SSSR count). The van der Waals surface area contributed by atoms with Crippen LogP contribution in [0.5, 0.6) is 0 Å². The van der Waals surface area contributed by atoms with Crippen molar-refractivity contribution in [3.63, 3.8) is 0 Å². The van der Waals surface area contributed by atoms with E-state index in [2.05, 4.69) is 38.0 Å². The predicted octanol–water partition coefficient (Wildman–Crippen LogP) is 2.37. The monoisotopic (exact) mass is 256 g/mol. The van der Waals surface area contributed by atoms with Crippen molar-refractivity contribution < 1.29 is 4.74 Å². The lowest BCUT2D eigenvalue weighted by atomic mass is 10.0. The van der Waals surface area contributed by atoms with Crippen LogP contribution in [-0.4, -0.2) is 50.8 Å². The zero-order valence-corrected chi connectivity index (χ0v) is 12.7. The Morgan fingerprint density at radius 2 is 2.06 bits per heavy atom. The van der Waals surface area contributed by atoms with E-state index in [4.69, 9.17) is 4.74 Å². The summed E-state index contributed by atoms with van der Waals surface area (Å²) in [4.78, 5) is 2.42. The summed E-state index contributed by atoms with van der Waals surface area (Å²) < 4.78 is 5.70. The minimum atomic E-state index is 0.610. The van der Waals surface area contributed by atoms with Crippen molar-refractivity contribution in [2.24, 2.45) is 11.8 Å². The molecule has 2 unspecified atom stereocenters. The summed E-state index contributed by atoms with van der Waals surface area (Å²) >= 11 is 0. The molecule has 0 saturated heterocycles. The van der Waals surface area contributed by atoms with Crippen molar-refractivity contribution in [1.82, 2.24) is 10.2 Å². The van der Waals surface area contributed by atoms with Gasteiger partial charge >= 0.3 is 0 Å². The average Bonchev–Trinajstić information content (AvgIpc) is 3.17. The quantitative estimate of drug-likeness (QED) is 0.574. The number of likely N-dealkylation sites (N-methyl/N-ethyl adjacent to an activating group) is 1. The van der Waals surface area contributed by atoms with Crippen LogP contribution < -0.4 is 5.32 Å². The van der Waals surface area contributed by atoms with Crippen LogP contribution in [-0.2, 0) is 4.74 Å². The second kappa shape index (κ2) is 8.89. The molecule has 1 aliphatic rings. The van der Waals surface area contributed by atoms with Crippen LogP contribution in [0.4, 0.5) is 0 Å². The summed E-state index contributed by atoms with van der Waals surface area (Å²) in [6.45, 7) is 12.0. The largest absolute Gasteiger partial charge is 0.380 e. The van der Waals surface area contributed by atoms with E-state index in [1.165, 1.54) is 19.3 Å². The fourth-order valence-corrected chi connectivity index (χ4v) is 2.06. The third-order valence-electron chi connectivity index (χ3n) is 4.05. The van der Waals surface area contributed by atoms with Crippen LogP contribution in [0.25, 0.3) is 0 Å². The van der Waals surface area contributed by atoms with Gasteiger partial charge in [-0.3, -0.25) is 0 Å². The molecule has 3 heteroatoms. The van der Waals surface area contributed by atoms with E-state index in [9.17, 15) is 0 Å². The van der Waals surface area contributed by atoms with Crippen molar-refractivity contribution in [2.45, 2.75) is 46.1 Å². The molecular weight excluding hydrogens is 224 g/mol. The first kappa shape index (κ1) is 15.9. The summed E-state index contributed by atoms with van der Waals surface area (Å²) in [6.07, 6.45) is 3.98. The maximum atomic E-state index is 5.70. The smallest absolute Gasteiger partial charge is 0.0593 e. The second-order valence-electron chi connectivity index (χ2n) is 5.92. The lowest BCUT2D eigenvalue weighted by Gasteiger charge is -2.30. The first-order valence-electron chi connectivity index (χ1n) is 7.63. The van der Waals surface area contributed by atoms with Gasteiger partial charge in [-0.1, -0.05) is 13.8 Å². The topological polar surface area (TPSA) is 24.5 Å². The van der Waals surface area contributed by atoms with E-state index in [0.29, 0.717) is 12.0 Å². The minimum absolute atomic E-state index is 0.610. The van der Waals surface area contributed by atoms with Gasteiger partial charge < -0.3 is 15.0 Å².